The number of imidazole rings is 1. The number of aromatic nitrogens is 5. The van der Waals surface area contributed by atoms with Gasteiger partial charge >= 0.3 is 0 Å². The lowest BCUT2D eigenvalue weighted by Gasteiger charge is -2.10. The molecule has 0 saturated carbocycles. The van der Waals surface area contributed by atoms with Gasteiger partial charge in [-0.2, -0.15) is 0 Å². The first-order chi connectivity index (χ1) is 14.9. The van der Waals surface area contributed by atoms with Gasteiger partial charge in [-0.05, 0) is 30.2 Å². The number of halogens is 2. The van der Waals surface area contributed by atoms with Crippen molar-refractivity contribution in [2.45, 2.75) is 33.6 Å². The molecule has 0 aliphatic carbocycles. The molecule has 0 atom stereocenters. The van der Waals surface area contributed by atoms with Gasteiger partial charge in [0.15, 0.2) is 11.5 Å². The van der Waals surface area contributed by atoms with Crippen LogP contribution in [0.15, 0.2) is 41.6 Å². The summed E-state index contributed by atoms with van der Waals surface area (Å²) in [5.41, 5.74) is 1.66. The first-order valence-electron chi connectivity index (χ1n) is 9.93. The minimum Gasteiger partial charge on any atom is -0.396 e. The Morgan fingerprint density at radius 1 is 1.13 bits per heavy atom. The molecule has 0 fully saturated rings. The van der Waals surface area contributed by atoms with Crippen LogP contribution >= 0.6 is 0 Å². The van der Waals surface area contributed by atoms with Gasteiger partial charge in [-0.3, -0.25) is 4.79 Å². The zero-order chi connectivity index (χ0) is 22.5. The smallest absolute Gasteiger partial charge is 0.251 e. The Morgan fingerprint density at radius 3 is 2.65 bits per heavy atom. The van der Waals surface area contributed by atoms with E-state index in [9.17, 15) is 13.6 Å². The van der Waals surface area contributed by atoms with E-state index in [1.165, 1.54) is 13.0 Å². The van der Waals surface area contributed by atoms with Crippen LogP contribution in [0.5, 0.6) is 0 Å². The zero-order valence-electron chi connectivity index (χ0n) is 17.5. The molecule has 31 heavy (non-hydrogen) atoms. The second kappa shape index (κ2) is 9.57. The van der Waals surface area contributed by atoms with Gasteiger partial charge in [-0.15, -0.1) is 0 Å². The van der Waals surface area contributed by atoms with Crippen LogP contribution in [0.2, 0.25) is 0 Å². The van der Waals surface area contributed by atoms with Crippen molar-refractivity contribution in [3.63, 3.8) is 0 Å². The Balaban J connectivity index is 0.00000132. The second-order valence-corrected chi connectivity index (χ2v) is 6.66. The highest BCUT2D eigenvalue weighted by Crippen LogP contribution is 2.21. The number of aliphatic hydroxyl groups excluding tert-OH is 1. The van der Waals surface area contributed by atoms with Crippen molar-refractivity contribution in [2.75, 3.05) is 6.61 Å². The van der Waals surface area contributed by atoms with E-state index in [1.54, 1.807) is 23.0 Å². The lowest BCUT2D eigenvalue weighted by Crippen LogP contribution is -2.13. The number of fused-ring (bicyclic) bond motifs is 1. The number of hydrogen-bond donors (Lipinski definition) is 2. The van der Waals surface area contributed by atoms with Gasteiger partial charge in [0, 0.05) is 44.1 Å². The summed E-state index contributed by atoms with van der Waals surface area (Å²) in [6, 6.07) is 3.61. The summed E-state index contributed by atoms with van der Waals surface area (Å²) in [6.45, 7) is 5.35. The minimum atomic E-state index is -0.530. The summed E-state index contributed by atoms with van der Waals surface area (Å²) >= 11 is 0. The largest absolute Gasteiger partial charge is 0.396 e. The van der Waals surface area contributed by atoms with E-state index in [2.05, 4.69) is 19.9 Å². The highest BCUT2D eigenvalue weighted by Gasteiger charge is 2.15. The SMILES string of the molecule is CC.Cc1cc(F)c(Cc2nc(-c3nc(CCO)cc(=O)[nH]3)cn3ccnc23)cc1F. The Morgan fingerprint density at radius 2 is 1.90 bits per heavy atom. The maximum Gasteiger partial charge on any atom is 0.251 e. The van der Waals surface area contributed by atoms with Gasteiger partial charge in [0.05, 0.1) is 11.4 Å². The van der Waals surface area contributed by atoms with E-state index in [1.807, 2.05) is 13.8 Å². The maximum atomic E-state index is 14.4. The predicted molar refractivity (Wildman–Crippen MR) is 113 cm³/mol. The van der Waals surface area contributed by atoms with Crippen molar-refractivity contribution in [1.82, 2.24) is 24.3 Å². The summed E-state index contributed by atoms with van der Waals surface area (Å²) in [7, 11) is 0. The number of rotatable bonds is 5. The number of benzene rings is 1. The quantitative estimate of drug-likeness (QED) is 0.510. The average molecular weight is 427 g/mol. The van der Waals surface area contributed by atoms with Crippen molar-refractivity contribution in [2.24, 2.45) is 0 Å². The van der Waals surface area contributed by atoms with Crippen LogP contribution in [0.25, 0.3) is 17.2 Å². The van der Waals surface area contributed by atoms with Crippen LogP contribution < -0.4 is 5.56 Å². The maximum absolute atomic E-state index is 14.4. The molecule has 4 aromatic rings. The number of aromatic amines is 1. The van der Waals surface area contributed by atoms with Gasteiger partial charge < -0.3 is 14.5 Å². The van der Waals surface area contributed by atoms with Crippen LogP contribution in [0.3, 0.4) is 0 Å². The number of aliphatic hydroxyl groups is 1. The lowest BCUT2D eigenvalue weighted by atomic mass is 10.1. The molecule has 3 heterocycles. The van der Waals surface area contributed by atoms with Crippen LogP contribution in [0, 0.1) is 18.6 Å². The van der Waals surface area contributed by atoms with Crippen molar-refractivity contribution in [3.05, 3.63) is 81.3 Å². The first kappa shape index (κ1) is 22.2. The van der Waals surface area contributed by atoms with Gasteiger partial charge in [0.2, 0.25) is 0 Å². The molecule has 9 heteroatoms. The first-order valence-corrected chi connectivity index (χ1v) is 9.93. The zero-order valence-corrected chi connectivity index (χ0v) is 17.5. The number of nitrogens with zero attached hydrogens (tertiary/aromatic N) is 4. The van der Waals surface area contributed by atoms with Crippen LogP contribution in [-0.2, 0) is 12.8 Å². The topological polar surface area (TPSA) is 96.2 Å². The third-order valence-electron chi connectivity index (χ3n) is 4.53. The molecule has 0 amide bonds. The number of hydrogen-bond acceptors (Lipinski definition) is 5. The molecule has 162 valence electrons. The van der Waals surface area contributed by atoms with E-state index in [0.717, 1.165) is 12.1 Å². The van der Waals surface area contributed by atoms with Crippen molar-refractivity contribution in [1.29, 1.82) is 0 Å². The van der Waals surface area contributed by atoms with Crippen LogP contribution in [-0.4, -0.2) is 36.1 Å². The molecule has 0 saturated heterocycles. The third-order valence-corrected chi connectivity index (χ3v) is 4.53. The normalized spacial score (nSPS) is 10.8. The minimum absolute atomic E-state index is 0.0119. The summed E-state index contributed by atoms with van der Waals surface area (Å²) < 4.78 is 30.0. The second-order valence-electron chi connectivity index (χ2n) is 6.66. The highest BCUT2D eigenvalue weighted by molar-refractivity contribution is 5.55. The fourth-order valence-corrected chi connectivity index (χ4v) is 3.10. The van der Waals surface area contributed by atoms with Gasteiger partial charge in [-0.1, -0.05) is 13.8 Å². The van der Waals surface area contributed by atoms with Gasteiger partial charge in [0.25, 0.3) is 5.56 Å². The molecule has 0 bridgehead atoms. The molecule has 0 radical (unpaired) electrons. The molecule has 0 spiro atoms. The molecule has 0 unspecified atom stereocenters. The van der Waals surface area contributed by atoms with E-state index in [-0.39, 0.29) is 42.0 Å². The Bertz CT molecular complexity index is 1270. The Labute approximate surface area is 177 Å². The monoisotopic (exact) mass is 427 g/mol. The summed E-state index contributed by atoms with van der Waals surface area (Å²) in [6.07, 6.45) is 5.13. The molecule has 7 nitrogen and oxygen atoms in total. The summed E-state index contributed by atoms with van der Waals surface area (Å²) in [4.78, 5) is 27.6. The average Bonchev–Trinajstić information content (AvgIpc) is 3.22. The Hall–Kier alpha value is -3.46. The molecule has 0 aliphatic heterocycles. The summed E-state index contributed by atoms with van der Waals surface area (Å²) in [5.74, 6) is -0.815. The third kappa shape index (κ3) is 4.83. The fourth-order valence-electron chi connectivity index (χ4n) is 3.10. The molecular formula is C22H23F2N5O2. The lowest BCUT2D eigenvalue weighted by molar-refractivity contribution is 0.298. The van der Waals surface area contributed by atoms with E-state index < -0.39 is 11.6 Å². The van der Waals surface area contributed by atoms with Crippen molar-refractivity contribution < 1.29 is 13.9 Å². The highest BCUT2D eigenvalue weighted by atomic mass is 19.1. The molecular weight excluding hydrogens is 404 g/mol. The predicted octanol–water partition coefficient (Wildman–Crippen LogP) is 3.22. The molecule has 4 rings (SSSR count). The number of nitrogens with one attached hydrogen (secondary N) is 1. The molecule has 0 aliphatic rings. The molecule has 1 aromatic carbocycles. The van der Waals surface area contributed by atoms with Gasteiger partial charge in [-0.25, -0.2) is 23.7 Å². The number of H-pyrrole nitrogens is 1. The molecule has 2 N–H and O–H groups in total. The van der Waals surface area contributed by atoms with Crippen LogP contribution in [0.1, 0.15) is 36.4 Å². The Kier molecular flexibility index (Phi) is 6.86. The fraction of sp³-hybridized carbons (Fsp3) is 0.273. The summed E-state index contributed by atoms with van der Waals surface area (Å²) in [5, 5.41) is 9.12. The van der Waals surface area contributed by atoms with Crippen molar-refractivity contribution >= 4 is 5.65 Å². The van der Waals surface area contributed by atoms with Crippen LogP contribution in [0.4, 0.5) is 8.78 Å². The number of aryl methyl sites for hydroxylation is 1. The van der Waals surface area contributed by atoms with E-state index in [4.69, 9.17) is 5.11 Å². The van der Waals surface area contributed by atoms with Gasteiger partial charge in [0.1, 0.15) is 17.3 Å². The van der Waals surface area contributed by atoms with E-state index >= 15 is 0 Å². The van der Waals surface area contributed by atoms with Crippen molar-refractivity contribution in [3.8, 4) is 11.5 Å². The molecule has 3 aromatic heterocycles. The standard InChI is InChI=1S/C20H17F2N5O2.C2H6/c1-11-6-15(22)12(7-14(11)21)8-16-20-23-3-4-27(20)10-17(25-16)19-24-13(2-5-28)9-18(29)26-19;1-2/h3-4,6-7,9-10,28H,2,5,8H2,1H3,(H,24,26,29);1-2H3. The van der Waals surface area contributed by atoms with E-state index in [0.29, 0.717) is 22.7 Å².